The van der Waals surface area contributed by atoms with Gasteiger partial charge in [0.05, 0.1) is 6.04 Å². The van der Waals surface area contributed by atoms with Crippen molar-refractivity contribution >= 4 is 22.7 Å². The first-order valence-electron chi connectivity index (χ1n) is 8.21. The van der Waals surface area contributed by atoms with E-state index < -0.39 is 6.04 Å². The highest BCUT2D eigenvalue weighted by molar-refractivity contribution is 7.98. The third-order valence-electron chi connectivity index (χ3n) is 4.16. The number of fused-ring (bicyclic) bond motifs is 1. The van der Waals surface area contributed by atoms with Gasteiger partial charge in [-0.15, -0.1) is 10.2 Å². The first-order valence-corrected chi connectivity index (χ1v) is 9.19. The van der Waals surface area contributed by atoms with Gasteiger partial charge in [0, 0.05) is 22.9 Å². The smallest absolute Gasteiger partial charge is 0.276 e. The van der Waals surface area contributed by atoms with Crippen LogP contribution >= 0.6 is 11.8 Å². The second-order valence-corrected chi connectivity index (χ2v) is 6.88. The summed E-state index contributed by atoms with van der Waals surface area (Å²) < 4.78 is 19.3. The van der Waals surface area contributed by atoms with Crippen LogP contribution in [0.15, 0.2) is 64.4 Å². The summed E-state index contributed by atoms with van der Waals surface area (Å²) in [5, 5.41) is 9.58. The lowest BCUT2D eigenvalue weighted by Crippen LogP contribution is -2.13. The number of nitrogens with one attached hydrogen (secondary N) is 1. The monoisotopic (exact) mass is 368 g/mol. The van der Waals surface area contributed by atoms with Crippen LogP contribution in [0.5, 0.6) is 0 Å². The number of hydrogen-bond acceptors (Lipinski definition) is 5. The van der Waals surface area contributed by atoms with E-state index in [9.17, 15) is 4.39 Å². The van der Waals surface area contributed by atoms with Crippen molar-refractivity contribution in [2.24, 2.45) is 5.73 Å². The first-order chi connectivity index (χ1) is 12.7. The molecule has 0 radical (unpaired) electrons. The van der Waals surface area contributed by atoms with Crippen molar-refractivity contribution in [2.75, 3.05) is 0 Å². The minimum absolute atomic E-state index is 0.240. The van der Waals surface area contributed by atoms with Gasteiger partial charge in [0.2, 0.25) is 5.89 Å². The van der Waals surface area contributed by atoms with Crippen molar-refractivity contribution < 1.29 is 8.81 Å². The van der Waals surface area contributed by atoms with Crippen LogP contribution in [0.4, 0.5) is 4.39 Å². The lowest BCUT2D eigenvalue weighted by atomic mass is 10.1. The van der Waals surface area contributed by atoms with Gasteiger partial charge in [-0.3, -0.25) is 0 Å². The van der Waals surface area contributed by atoms with Crippen LogP contribution in [0, 0.1) is 5.82 Å². The van der Waals surface area contributed by atoms with Crippen LogP contribution < -0.4 is 5.73 Å². The molecule has 4 aromatic rings. The maximum Gasteiger partial charge on any atom is 0.276 e. The third-order valence-corrected chi connectivity index (χ3v) is 5.03. The quantitative estimate of drug-likeness (QED) is 0.498. The Morgan fingerprint density at radius 2 is 1.88 bits per heavy atom. The fourth-order valence-corrected chi connectivity index (χ4v) is 3.56. The third kappa shape index (κ3) is 3.49. The Kier molecular flexibility index (Phi) is 4.73. The van der Waals surface area contributed by atoms with Gasteiger partial charge in [-0.1, -0.05) is 48.2 Å². The molecule has 0 aliphatic rings. The van der Waals surface area contributed by atoms with E-state index in [0.29, 0.717) is 28.9 Å². The van der Waals surface area contributed by atoms with E-state index in [4.69, 9.17) is 10.2 Å². The predicted octanol–water partition coefficient (Wildman–Crippen LogP) is 4.22. The molecule has 0 bridgehead atoms. The Balaban J connectivity index is 1.43. The second-order valence-electron chi connectivity index (χ2n) is 5.96. The Morgan fingerprint density at radius 3 is 2.77 bits per heavy atom. The van der Waals surface area contributed by atoms with E-state index in [-0.39, 0.29) is 5.82 Å². The summed E-state index contributed by atoms with van der Waals surface area (Å²) in [7, 11) is 0. The molecule has 0 amide bonds. The van der Waals surface area contributed by atoms with Gasteiger partial charge in [0.1, 0.15) is 5.82 Å². The molecule has 0 aliphatic carbocycles. The Bertz CT molecular complexity index is 1030. The van der Waals surface area contributed by atoms with Crippen LogP contribution in [0.1, 0.15) is 23.1 Å². The summed E-state index contributed by atoms with van der Waals surface area (Å²) in [6, 6.07) is 14.3. The van der Waals surface area contributed by atoms with E-state index >= 15 is 0 Å². The zero-order valence-corrected chi connectivity index (χ0v) is 14.7. The molecule has 2 heterocycles. The number of aromatic amines is 1. The average molecular weight is 368 g/mol. The minimum atomic E-state index is -0.399. The summed E-state index contributed by atoms with van der Waals surface area (Å²) in [6.07, 6.45) is 2.54. The zero-order chi connectivity index (χ0) is 17.9. The van der Waals surface area contributed by atoms with Gasteiger partial charge in [-0.25, -0.2) is 4.39 Å². The standard InChI is InChI=1S/C19H17FN4OS/c20-15-7-3-1-5-12(15)11-26-19-24-23-18(25-19)16(21)9-13-10-22-17-8-4-2-6-14(13)17/h1-8,10,16,22H,9,11,21H2/t16-/m0/s1. The van der Waals surface area contributed by atoms with Gasteiger partial charge in [-0.2, -0.15) is 0 Å². The molecule has 0 saturated heterocycles. The van der Waals surface area contributed by atoms with Crippen molar-refractivity contribution in [3.63, 3.8) is 0 Å². The van der Waals surface area contributed by atoms with Crippen LogP contribution in [-0.4, -0.2) is 15.2 Å². The number of halogens is 1. The molecule has 0 unspecified atom stereocenters. The molecule has 2 aromatic carbocycles. The summed E-state index contributed by atoms with van der Waals surface area (Å²) in [6.45, 7) is 0. The van der Waals surface area contributed by atoms with Crippen LogP contribution in [0.3, 0.4) is 0 Å². The highest BCUT2D eigenvalue weighted by atomic mass is 32.2. The Labute approximate surface area is 153 Å². The van der Waals surface area contributed by atoms with Crippen molar-refractivity contribution in [1.29, 1.82) is 0 Å². The number of nitrogens with zero attached hydrogens (tertiary/aromatic N) is 2. The maximum atomic E-state index is 13.7. The number of thioether (sulfide) groups is 1. The maximum absolute atomic E-state index is 13.7. The lowest BCUT2D eigenvalue weighted by molar-refractivity contribution is 0.385. The number of nitrogens with two attached hydrogens (primary N) is 1. The van der Waals surface area contributed by atoms with E-state index in [1.54, 1.807) is 18.2 Å². The SMILES string of the molecule is N[C@@H](Cc1c[nH]c2ccccc12)c1nnc(SCc2ccccc2F)o1. The molecule has 5 nitrogen and oxygen atoms in total. The van der Waals surface area contributed by atoms with Crippen molar-refractivity contribution in [3.8, 4) is 0 Å². The topological polar surface area (TPSA) is 80.7 Å². The molecular formula is C19H17FN4OS. The van der Waals surface area contributed by atoms with E-state index in [1.807, 2.05) is 24.4 Å². The molecule has 1 atom stereocenters. The Morgan fingerprint density at radius 1 is 1.08 bits per heavy atom. The molecule has 0 aliphatic heterocycles. The molecule has 132 valence electrons. The lowest BCUT2D eigenvalue weighted by Gasteiger charge is -2.05. The fraction of sp³-hybridized carbons (Fsp3) is 0.158. The predicted molar refractivity (Wildman–Crippen MR) is 99.2 cm³/mol. The molecule has 4 rings (SSSR count). The number of benzene rings is 2. The van der Waals surface area contributed by atoms with Gasteiger partial charge in [0.15, 0.2) is 0 Å². The first kappa shape index (κ1) is 16.8. The summed E-state index contributed by atoms with van der Waals surface area (Å²) in [5.74, 6) is 0.563. The molecular weight excluding hydrogens is 351 g/mol. The van der Waals surface area contributed by atoms with Crippen LogP contribution in [0.25, 0.3) is 10.9 Å². The largest absolute Gasteiger partial charge is 0.414 e. The zero-order valence-electron chi connectivity index (χ0n) is 13.9. The normalized spacial score (nSPS) is 12.5. The number of rotatable bonds is 6. The van der Waals surface area contributed by atoms with Crippen molar-refractivity contribution in [3.05, 3.63) is 77.6 Å². The molecule has 0 spiro atoms. The molecule has 26 heavy (non-hydrogen) atoms. The highest BCUT2D eigenvalue weighted by Crippen LogP contribution is 2.26. The molecule has 3 N–H and O–H groups in total. The average Bonchev–Trinajstić information content (AvgIpc) is 3.29. The Hall–Kier alpha value is -2.64. The number of hydrogen-bond donors (Lipinski definition) is 2. The van der Waals surface area contributed by atoms with E-state index in [2.05, 4.69) is 21.2 Å². The van der Waals surface area contributed by atoms with Crippen LogP contribution in [-0.2, 0) is 12.2 Å². The molecule has 0 fully saturated rings. The van der Waals surface area contributed by atoms with Gasteiger partial charge in [-0.05, 0) is 29.7 Å². The van der Waals surface area contributed by atoms with Crippen LogP contribution in [0.2, 0.25) is 0 Å². The molecule has 7 heteroatoms. The number of H-pyrrole nitrogens is 1. The van der Waals surface area contributed by atoms with Gasteiger partial charge < -0.3 is 15.1 Å². The van der Waals surface area contributed by atoms with E-state index in [1.165, 1.54) is 17.8 Å². The molecule has 0 saturated carbocycles. The number of aromatic nitrogens is 3. The summed E-state index contributed by atoms with van der Waals surface area (Å²) in [5.41, 5.74) is 9.01. The van der Waals surface area contributed by atoms with Crippen molar-refractivity contribution in [2.45, 2.75) is 23.4 Å². The second kappa shape index (κ2) is 7.31. The number of para-hydroxylation sites is 1. The fourth-order valence-electron chi connectivity index (χ4n) is 2.81. The van der Waals surface area contributed by atoms with E-state index in [0.717, 1.165) is 16.5 Å². The molecule has 2 aromatic heterocycles. The van der Waals surface area contributed by atoms with Gasteiger partial charge >= 0.3 is 0 Å². The summed E-state index contributed by atoms with van der Waals surface area (Å²) >= 11 is 1.29. The van der Waals surface area contributed by atoms with Gasteiger partial charge in [0.25, 0.3) is 5.22 Å². The van der Waals surface area contributed by atoms with Crippen molar-refractivity contribution in [1.82, 2.24) is 15.2 Å². The highest BCUT2D eigenvalue weighted by Gasteiger charge is 2.17. The minimum Gasteiger partial charge on any atom is -0.414 e. The summed E-state index contributed by atoms with van der Waals surface area (Å²) in [4.78, 5) is 3.23.